The third kappa shape index (κ3) is 20.6. The van der Waals surface area contributed by atoms with Crippen LogP contribution in [0.3, 0.4) is 0 Å². The standard InChI is InChI=1S/C25H50O5/c1-3-5-7-9-10-11-12-14-16-18-25(28)30-24(17-15-13-8-6-4-2)19-20-29-22-23(27)21-26/h23-24,26-27H,3-22H2,1-2H3/t23-,24+/m0/s1. The van der Waals surface area contributed by atoms with Crippen molar-refractivity contribution in [3.8, 4) is 0 Å². The molecule has 0 aromatic carbocycles. The smallest absolute Gasteiger partial charge is 0.306 e. The van der Waals surface area contributed by atoms with E-state index in [4.69, 9.17) is 14.6 Å². The summed E-state index contributed by atoms with van der Waals surface area (Å²) in [7, 11) is 0. The number of aliphatic hydroxyl groups is 2. The lowest BCUT2D eigenvalue weighted by Gasteiger charge is -2.18. The van der Waals surface area contributed by atoms with Crippen LogP contribution in [0.5, 0.6) is 0 Å². The van der Waals surface area contributed by atoms with E-state index in [9.17, 15) is 9.90 Å². The molecule has 5 nitrogen and oxygen atoms in total. The quantitative estimate of drug-likeness (QED) is 0.155. The summed E-state index contributed by atoms with van der Waals surface area (Å²) in [4.78, 5) is 12.2. The maximum Gasteiger partial charge on any atom is 0.306 e. The summed E-state index contributed by atoms with van der Waals surface area (Å²) in [5.74, 6) is -0.0908. The van der Waals surface area contributed by atoms with Gasteiger partial charge in [-0.3, -0.25) is 4.79 Å². The monoisotopic (exact) mass is 430 g/mol. The molecule has 0 aliphatic carbocycles. The maximum atomic E-state index is 12.2. The lowest BCUT2D eigenvalue weighted by Crippen LogP contribution is -2.23. The topological polar surface area (TPSA) is 76.0 Å². The Morgan fingerprint density at radius 2 is 1.30 bits per heavy atom. The molecule has 0 saturated carbocycles. The highest BCUT2D eigenvalue weighted by atomic mass is 16.5. The summed E-state index contributed by atoms with van der Waals surface area (Å²) in [5, 5.41) is 18.2. The van der Waals surface area contributed by atoms with Crippen LogP contribution in [-0.4, -0.2) is 48.2 Å². The van der Waals surface area contributed by atoms with Crippen molar-refractivity contribution in [2.24, 2.45) is 0 Å². The molecule has 0 bridgehead atoms. The van der Waals surface area contributed by atoms with E-state index < -0.39 is 6.10 Å². The van der Waals surface area contributed by atoms with Crippen LogP contribution in [0.4, 0.5) is 0 Å². The fourth-order valence-electron chi connectivity index (χ4n) is 3.55. The molecule has 0 aliphatic heterocycles. The summed E-state index contributed by atoms with van der Waals surface area (Å²) < 4.78 is 11.1. The summed E-state index contributed by atoms with van der Waals surface area (Å²) in [6.45, 7) is 4.70. The van der Waals surface area contributed by atoms with Gasteiger partial charge in [0, 0.05) is 12.8 Å². The molecular formula is C25H50O5. The van der Waals surface area contributed by atoms with E-state index in [1.807, 2.05) is 0 Å². The molecule has 5 heteroatoms. The van der Waals surface area contributed by atoms with Gasteiger partial charge in [-0.2, -0.15) is 0 Å². The minimum Gasteiger partial charge on any atom is -0.462 e. The second kappa shape index (κ2) is 23.0. The van der Waals surface area contributed by atoms with Gasteiger partial charge < -0.3 is 19.7 Å². The number of ether oxygens (including phenoxy) is 2. The van der Waals surface area contributed by atoms with Crippen LogP contribution >= 0.6 is 0 Å². The summed E-state index contributed by atoms with van der Waals surface area (Å²) in [6.07, 6.45) is 18.2. The summed E-state index contributed by atoms with van der Waals surface area (Å²) in [5.41, 5.74) is 0. The molecule has 0 radical (unpaired) electrons. The van der Waals surface area contributed by atoms with E-state index in [-0.39, 0.29) is 25.3 Å². The number of aliphatic hydroxyl groups excluding tert-OH is 2. The van der Waals surface area contributed by atoms with Crippen LogP contribution in [0.15, 0.2) is 0 Å². The zero-order valence-electron chi connectivity index (χ0n) is 19.9. The first-order valence-electron chi connectivity index (χ1n) is 12.7. The van der Waals surface area contributed by atoms with E-state index in [0.717, 1.165) is 25.7 Å². The zero-order chi connectivity index (χ0) is 22.3. The van der Waals surface area contributed by atoms with Gasteiger partial charge in [0.2, 0.25) is 0 Å². The van der Waals surface area contributed by atoms with Crippen molar-refractivity contribution in [2.45, 2.75) is 135 Å². The first kappa shape index (κ1) is 29.4. The normalized spacial score (nSPS) is 13.3. The van der Waals surface area contributed by atoms with Crippen LogP contribution < -0.4 is 0 Å². The fourth-order valence-corrected chi connectivity index (χ4v) is 3.55. The lowest BCUT2D eigenvalue weighted by molar-refractivity contribution is -0.150. The Kier molecular flexibility index (Phi) is 22.5. The van der Waals surface area contributed by atoms with Crippen molar-refractivity contribution in [3.63, 3.8) is 0 Å². The van der Waals surface area contributed by atoms with Crippen molar-refractivity contribution < 1.29 is 24.5 Å². The highest BCUT2D eigenvalue weighted by Gasteiger charge is 2.15. The van der Waals surface area contributed by atoms with E-state index >= 15 is 0 Å². The number of hydrogen-bond acceptors (Lipinski definition) is 5. The van der Waals surface area contributed by atoms with Crippen LogP contribution in [0.2, 0.25) is 0 Å². The van der Waals surface area contributed by atoms with Gasteiger partial charge >= 0.3 is 5.97 Å². The number of esters is 1. The molecule has 0 aromatic heterocycles. The lowest BCUT2D eigenvalue weighted by atomic mass is 10.1. The average molecular weight is 431 g/mol. The Morgan fingerprint density at radius 3 is 1.87 bits per heavy atom. The predicted molar refractivity (Wildman–Crippen MR) is 124 cm³/mol. The number of carbonyl (C=O) groups is 1. The first-order valence-corrected chi connectivity index (χ1v) is 12.7. The van der Waals surface area contributed by atoms with Gasteiger partial charge in [-0.05, 0) is 19.3 Å². The highest BCUT2D eigenvalue weighted by molar-refractivity contribution is 5.69. The Morgan fingerprint density at radius 1 is 0.767 bits per heavy atom. The van der Waals surface area contributed by atoms with Crippen LogP contribution in [0.25, 0.3) is 0 Å². The van der Waals surface area contributed by atoms with E-state index in [1.54, 1.807) is 0 Å². The third-order valence-electron chi connectivity index (χ3n) is 5.52. The van der Waals surface area contributed by atoms with Crippen LogP contribution in [-0.2, 0) is 14.3 Å². The Hall–Kier alpha value is -0.650. The summed E-state index contributed by atoms with van der Waals surface area (Å²) in [6, 6.07) is 0. The van der Waals surface area contributed by atoms with Gasteiger partial charge in [0.25, 0.3) is 0 Å². The maximum absolute atomic E-state index is 12.2. The molecule has 0 saturated heterocycles. The fraction of sp³-hybridized carbons (Fsp3) is 0.960. The van der Waals surface area contributed by atoms with Crippen LogP contribution in [0.1, 0.15) is 123 Å². The Bertz CT molecular complexity index is 361. The van der Waals surface area contributed by atoms with E-state index in [0.29, 0.717) is 19.4 Å². The van der Waals surface area contributed by atoms with E-state index in [2.05, 4.69) is 13.8 Å². The van der Waals surface area contributed by atoms with Gasteiger partial charge in [-0.15, -0.1) is 0 Å². The number of rotatable bonds is 23. The van der Waals surface area contributed by atoms with Crippen molar-refractivity contribution in [2.75, 3.05) is 19.8 Å². The molecule has 0 aliphatic rings. The Labute approximate surface area is 185 Å². The molecule has 0 fully saturated rings. The third-order valence-corrected chi connectivity index (χ3v) is 5.52. The van der Waals surface area contributed by atoms with Crippen molar-refractivity contribution in [1.82, 2.24) is 0 Å². The molecule has 0 aromatic rings. The van der Waals surface area contributed by atoms with Crippen molar-refractivity contribution in [1.29, 1.82) is 0 Å². The van der Waals surface area contributed by atoms with Crippen LogP contribution in [0, 0.1) is 0 Å². The number of hydrogen-bond donors (Lipinski definition) is 2. The average Bonchev–Trinajstić information content (AvgIpc) is 2.74. The highest BCUT2D eigenvalue weighted by Crippen LogP contribution is 2.15. The minimum absolute atomic E-state index is 0.0908. The van der Waals surface area contributed by atoms with Gasteiger partial charge in [0.05, 0.1) is 19.8 Å². The minimum atomic E-state index is -0.841. The first-order chi connectivity index (χ1) is 14.6. The molecule has 30 heavy (non-hydrogen) atoms. The second-order valence-corrected chi connectivity index (χ2v) is 8.59. The molecule has 0 rings (SSSR count). The second-order valence-electron chi connectivity index (χ2n) is 8.59. The Balaban J connectivity index is 3.96. The molecule has 0 spiro atoms. The SMILES string of the molecule is CCCCCCCCCCCC(=O)O[C@H](CCCCCCC)CCOC[C@@H](O)CO. The van der Waals surface area contributed by atoms with Gasteiger partial charge in [0.1, 0.15) is 12.2 Å². The molecular weight excluding hydrogens is 380 g/mol. The number of carbonyl (C=O) groups excluding carboxylic acids is 1. The summed E-state index contributed by atoms with van der Waals surface area (Å²) >= 11 is 0. The zero-order valence-corrected chi connectivity index (χ0v) is 19.9. The van der Waals surface area contributed by atoms with Gasteiger partial charge in [0.15, 0.2) is 0 Å². The van der Waals surface area contributed by atoms with Crippen molar-refractivity contribution in [3.05, 3.63) is 0 Å². The molecule has 0 heterocycles. The number of unbranched alkanes of at least 4 members (excludes halogenated alkanes) is 12. The largest absolute Gasteiger partial charge is 0.462 e. The molecule has 180 valence electrons. The molecule has 2 N–H and O–H groups in total. The predicted octanol–water partition coefficient (Wildman–Crippen LogP) is 5.94. The van der Waals surface area contributed by atoms with E-state index in [1.165, 1.54) is 70.6 Å². The van der Waals surface area contributed by atoms with Gasteiger partial charge in [-0.1, -0.05) is 90.9 Å². The molecule has 0 unspecified atom stereocenters. The van der Waals surface area contributed by atoms with Gasteiger partial charge in [-0.25, -0.2) is 0 Å². The molecule has 2 atom stereocenters. The molecule has 0 amide bonds. The van der Waals surface area contributed by atoms with Crippen molar-refractivity contribution >= 4 is 5.97 Å².